The normalized spacial score (nSPS) is 14.0. The van der Waals surface area contributed by atoms with Crippen molar-refractivity contribution in [3.05, 3.63) is 0 Å². The van der Waals surface area contributed by atoms with Crippen molar-refractivity contribution in [2.45, 2.75) is 19.1 Å². The van der Waals surface area contributed by atoms with Gasteiger partial charge in [-0.2, -0.15) is 13.2 Å². The second-order valence-electron chi connectivity index (χ2n) is 3.81. The lowest BCUT2D eigenvalue weighted by atomic mass is 10.3. The fourth-order valence-corrected chi connectivity index (χ4v) is 0.986. The van der Waals surface area contributed by atoms with Crippen LogP contribution in [0.1, 0.15) is 6.92 Å². The molecule has 16 heavy (non-hydrogen) atoms. The molecule has 0 heterocycles. The molecule has 96 valence electrons. The number of hydrogen-bond donors (Lipinski definition) is 1. The molecule has 1 amide bonds. The SMILES string of the molecule is CC(CO)N(C)CC(=O)N(C)CC(F)(F)F. The van der Waals surface area contributed by atoms with Crippen molar-refractivity contribution in [3.8, 4) is 0 Å². The molecule has 7 heteroatoms. The summed E-state index contributed by atoms with van der Waals surface area (Å²) in [5.74, 6) is -0.625. The van der Waals surface area contributed by atoms with Gasteiger partial charge in [-0.1, -0.05) is 0 Å². The summed E-state index contributed by atoms with van der Waals surface area (Å²) in [6.07, 6.45) is -4.38. The summed E-state index contributed by atoms with van der Waals surface area (Å²) in [7, 11) is 2.67. The number of aliphatic hydroxyl groups is 1. The minimum Gasteiger partial charge on any atom is -0.395 e. The highest BCUT2D eigenvalue weighted by atomic mass is 19.4. The molecule has 0 bridgehead atoms. The van der Waals surface area contributed by atoms with E-state index in [0.29, 0.717) is 4.90 Å². The van der Waals surface area contributed by atoms with E-state index in [1.807, 2.05) is 0 Å². The maximum Gasteiger partial charge on any atom is 0.406 e. The number of carbonyl (C=O) groups excluding carboxylic acids is 1. The third kappa shape index (κ3) is 5.92. The van der Waals surface area contributed by atoms with Crippen LogP contribution in [0, 0.1) is 0 Å². The highest BCUT2D eigenvalue weighted by molar-refractivity contribution is 5.78. The number of hydrogen-bond acceptors (Lipinski definition) is 3. The van der Waals surface area contributed by atoms with Crippen molar-refractivity contribution >= 4 is 5.91 Å². The molecule has 0 spiro atoms. The maximum atomic E-state index is 12.0. The van der Waals surface area contributed by atoms with Gasteiger partial charge in [0.05, 0.1) is 13.2 Å². The fourth-order valence-electron chi connectivity index (χ4n) is 0.986. The smallest absolute Gasteiger partial charge is 0.395 e. The second-order valence-corrected chi connectivity index (χ2v) is 3.81. The lowest BCUT2D eigenvalue weighted by Crippen LogP contribution is -2.44. The Kier molecular flexibility index (Phi) is 5.74. The number of amides is 1. The predicted molar refractivity (Wildman–Crippen MR) is 52.9 cm³/mol. The van der Waals surface area contributed by atoms with Crippen LogP contribution in [-0.4, -0.2) is 66.8 Å². The van der Waals surface area contributed by atoms with Gasteiger partial charge in [0, 0.05) is 13.1 Å². The van der Waals surface area contributed by atoms with E-state index >= 15 is 0 Å². The first-order valence-electron chi connectivity index (χ1n) is 4.79. The number of carbonyl (C=O) groups is 1. The standard InChI is InChI=1S/C9H17F3N2O2/c1-7(5-15)13(2)4-8(16)14(3)6-9(10,11)12/h7,15H,4-6H2,1-3H3. The lowest BCUT2D eigenvalue weighted by molar-refractivity contribution is -0.159. The zero-order valence-electron chi connectivity index (χ0n) is 9.58. The van der Waals surface area contributed by atoms with Crippen molar-refractivity contribution in [2.24, 2.45) is 0 Å². The topological polar surface area (TPSA) is 43.8 Å². The molecule has 0 aromatic heterocycles. The molecule has 0 aliphatic carbocycles. The van der Waals surface area contributed by atoms with Gasteiger partial charge in [0.25, 0.3) is 0 Å². The van der Waals surface area contributed by atoms with Crippen LogP contribution >= 0.6 is 0 Å². The summed E-state index contributed by atoms with van der Waals surface area (Å²) in [6, 6.07) is -0.261. The molecular formula is C9H17F3N2O2. The molecule has 0 aromatic carbocycles. The molecular weight excluding hydrogens is 225 g/mol. The molecule has 0 fully saturated rings. The first-order valence-corrected chi connectivity index (χ1v) is 4.79. The van der Waals surface area contributed by atoms with Crippen molar-refractivity contribution in [1.82, 2.24) is 9.80 Å². The third-order valence-electron chi connectivity index (χ3n) is 2.24. The summed E-state index contributed by atoms with van der Waals surface area (Å²) >= 11 is 0. The van der Waals surface area contributed by atoms with E-state index in [2.05, 4.69) is 0 Å². The van der Waals surface area contributed by atoms with Crippen molar-refractivity contribution in [3.63, 3.8) is 0 Å². The molecule has 0 rings (SSSR count). The second kappa shape index (κ2) is 6.05. The van der Waals surface area contributed by atoms with E-state index < -0.39 is 18.6 Å². The van der Waals surface area contributed by atoms with Crippen molar-refractivity contribution < 1.29 is 23.1 Å². The summed E-state index contributed by atoms with van der Waals surface area (Å²) in [6.45, 7) is 0.130. The van der Waals surface area contributed by atoms with Crippen LogP contribution in [0.15, 0.2) is 0 Å². The number of halogens is 3. The van der Waals surface area contributed by atoms with Gasteiger partial charge in [0.1, 0.15) is 6.54 Å². The van der Waals surface area contributed by atoms with Gasteiger partial charge >= 0.3 is 6.18 Å². The minimum atomic E-state index is -4.38. The Balaban J connectivity index is 4.15. The maximum absolute atomic E-state index is 12.0. The van der Waals surface area contributed by atoms with Gasteiger partial charge < -0.3 is 10.0 Å². The van der Waals surface area contributed by atoms with Crippen molar-refractivity contribution in [2.75, 3.05) is 33.8 Å². The molecule has 0 saturated carbocycles. The fraction of sp³-hybridized carbons (Fsp3) is 0.889. The third-order valence-corrected chi connectivity index (χ3v) is 2.24. The van der Waals surface area contributed by atoms with E-state index in [4.69, 9.17) is 5.11 Å². The van der Waals surface area contributed by atoms with Gasteiger partial charge in [-0.15, -0.1) is 0 Å². The van der Waals surface area contributed by atoms with Crippen LogP contribution in [0.4, 0.5) is 13.2 Å². The highest BCUT2D eigenvalue weighted by Crippen LogP contribution is 2.15. The molecule has 0 aliphatic heterocycles. The van der Waals surface area contributed by atoms with Crippen molar-refractivity contribution in [1.29, 1.82) is 0 Å². The Morgan fingerprint density at radius 3 is 2.25 bits per heavy atom. The molecule has 1 unspecified atom stereocenters. The zero-order valence-corrected chi connectivity index (χ0v) is 9.58. The average Bonchev–Trinajstić information content (AvgIpc) is 2.13. The number of alkyl halides is 3. The zero-order chi connectivity index (χ0) is 12.9. The van der Waals surface area contributed by atoms with E-state index in [1.54, 1.807) is 14.0 Å². The van der Waals surface area contributed by atoms with Gasteiger partial charge in [0.15, 0.2) is 0 Å². The molecule has 0 aliphatic rings. The Morgan fingerprint density at radius 1 is 1.38 bits per heavy atom. The Hall–Kier alpha value is -0.820. The van der Waals surface area contributed by atoms with Crippen LogP contribution in [0.3, 0.4) is 0 Å². The van der Waals surface area contributed by atoms with Crippen LogP contribution in [0.5, 0.6) is 0 Å². The molecule has 0 aromatic rings. The molecule has 1 N–H and O–H groups in total. The van der Waals surface area contributed by atoms with Gasteiger partial charge in [0.2, 0.25) is 5.91 Å². The Labute approximate surface area is 92.6 Å². The van der Waals surface area contributed by atoms with E-state index in [1.165, 1.54) is 4.90 Å². The van der Waals surface area contributed by atoms with E-state index in [0.717, 1.165) is 7.05 Å². The average molecular weight is 242 g/mol. The lowest BCUT2D eigenvalue weighted by Gasteiger charge is -2.25. The molecule has 1 atom stereocenters. The van der Waals surface area contributed by atoms with Crippen LogP contribution in [0.2, 0.25) is 0 Å². The summed E-state index contributed by atoms with van der Waals surface area (Å²) < 4.78 is 35.9. The highest BCUT2D eigenvalue weighted by Gasteiger charge is 2.31. The number of likely N-dealkylation sites (N-methyl/N-ethyl adjacent to an activating group) is 2. The Bertz CT molecular complexity index is 233. The predicted octanol–water partition coefficient (Wildman–Crippen LogP) is 0.320. The first-order chi connectivity index (χ1) is 7.17. The molecule has 0 radical (unpaired) electrons. The van der Waals surface area contributed by atoms with Crippen LogP contribution in [-0.2, 0) is 4.79 Å². The van der Waals surface area contributed by atoms with Gasteiger partial charge in [-0.05, 0) is 14.0 Å². The Morgan fingerprint density at radius 2 is 1.88 bits per heavy atom. The summed E-state index contributed by atoms with van der Waals surface area (Å²) in [5, 5.41) is 8.80. The van der Waals surface area contributed by atoms with Crippen LogP contribution in [0.25, 0.3) is 0 Å². The number of rotatable bonds is 5. The van der Waals surface area contributed by atoms with Gasteiger partial charge in [-0.25, -0.2) is 0 Å². The summed E-state index contributed by atoms with van der Waals surface area (Å²) in [5.41, 5.74) is 0. The number of nitrogens with zero attached hydrogens (tertiary/aromatic N) is 2. The van der Waals surface area contributed by atoms with E-state index in [-0.39, 0.29) is 19.2 Å². The minimum absolute atomic E-state index is 0.145. The molecule has 4 nitrogen and oxygen atoms in total. The monoisotopic (exact) mass is 242 g/mol. The van der Waals surface area contributed by atoms with E-state index in [9.17, 15) is 18.0 Å². The number of aliphatic hydroxyl groups excluding tert-OH is 1. The quantitative estimate of drug-likeness (QED) is 0.755. The molecule has 0 saturated heterocycles. The van der Waals surface area contributed by atoms with Crippen LogP contribution < -0.4 is 0 Å². The first kappa shape index (κ1) is 15.2. The van der Waals surface area contributed by atoms with Gasteiger partial charge in [-0.3, -0.25) is 9.69 Å². The summed E-state index contributed by atoms with van der Waals surface area (Å²) in [4.78, 5) is 13.5. The largest absolute Gasteiger partial charge is 0.406 e.